The molecule has 1 aromatic heterocycles. The Morgan fingerprint density at radius 3 is 2.84 bits per heavy atom. The molecule has 19 heavy (non-hydrogen) atoms. The van der Waals surface area contributed by atoms with Gasteiger partial charge in [-0.2, -0.15) is 10.4 Å². The van der Waals surface area contributed by atoms with Crippen molar-refractivity contribution in [2.24, 2.45) is 0 Å². The highest BCUT2D eigenvalue weighted by Crippen LogP contribution is 2.27. The molecular formula is C13H14N4O2. The lowest BCUT2D eigenvalue weighted by atomic mass is 10.2. The molecule has 1 heterocycles. The predicted octanol–water partition coefficient (Wildman–Crippen LogP) is 1.42. The molecule has 0 aliphatic carbocycles. The third-order valence-corrected chi connectivity index (χ3v) is 2.53. The Bertz CT molecular complexity index is 601. The molecule has 2 rings (SSSR count). The standard InChI is InChI=1S/C13H14N4O2/c1-18-12-8-10(9-14)2-3-11(12)19-7-6-17-5-4-13(15)16-17/h2-5,8H,6-7H2,1H3,(H2,15,16). The van der Waals surface area contributed by atoms with Gasteiger partial charge in [0.15, 0.2) is 11.5 Å². The molecule has 0 unspecified atom stereocenters. The van der Waals surface area contributed by atoms with E-state index in [1.807, 2.05) is 0 Å². The first-order valence-corrected chi connectivity index (χ1v) is 5.73. The first kappa shape index (κ1) is 12.8. The number of nitrogens with zero attached hydrogens (tertiary/aromatic N) is 3. The summed E-state index contributed by atoms with van der Waals surface area (Å²) in [5, 5.41) is 12.9. The van der Waals surface area contributed by atoms with Crippen LogP contribution < -0.4 is 15.2 Å². The number of nitrogens with two attached hydrogens (primary N) is 1. The summed E-state index contributed by atoms with van der Waals surface area (Å²) in [4.78, 5) is 0. The zero-order valence-corrected chi connectivity index (χ0v) is 10.5. The fourth-order valence-corrected chi connectivity index (χ4v) is 1.61. The third kappa shape index (κ3) is 3.16. The molecule has 2 aromatic rings. The minimum atomic E-state index is 0.434. The van der Waals surface area contributed by atoms with Crippen LogP contribution in [0.5, 0.6) is 11.5 Å². The smallest absolute Gasteiger partial charge is 0.162 e. The highest BCUT2D eigenvalue weighted by atomic mass is 16.5. The highest BCUT2D eigenvalue weighted by molar-refractivity contribution is 5.46. The fourth-order valence-electron chi connectivity index (χ4n) is 1.61. The van der Waals surface area contributed by atoms with E-state index in [0.29, 0.717) is 36.0 Å². The van der Waals surface area contributed by atoms with Gasteiger partial charge in [0.25, 0.3) is 0 Å². The molecular weight excluding hydrogens is 244 g/mol. The van der Waals surface area contributed by atoms with Crippen molar-refractivity contribution in [1.82, 2.24) is 9.78 Å². The molecule has 0 amide bonds. The molecule has 0 atom stereocenters. The molecule has 0 saturated heterocycles. The van der Waals surface area contributed by atoms with Gasteiger partial charge in [0.1, 0.15) is 12.4 Å². The number of methoxy groups -OCH3 is 1. The summed E-state index contributed by atoms with van der Waals surface area (Å²) < 4.78 is 12.5. The van der Waals surface area contributed by atoms with E-state index in [-0.39, 0.29) is 0 Å². The molecule has 2 N–H and O–H groups in total. The summed E-state index contributed by atoms with van der Waals surface area (Å²) >= 11 is 0. The van der Waals surface area contributed by atoms with Crippen molar-refractivity contribution in [1.29, 1.82) is 5.26 Å². The lowest BCUT2D eigenvalue weighted by Gasteiger charge is -2.10. The lowest BCUT2D eigenvalue weighted by molar-refractivity contribution is 0.274. The van der Waals surface area contributed by atoms with Gasteiger partial charge in [-0.25, -0.2) is 0 Å². The number of hydrogen-bond acceptors (Lipinski definition) is 5. The van der Waals surface area contributed by atoms with Crippen LogP contribution in [0, 0.1) is 11.3 Å². The third-order valence-electron chi connectivity index (χ3n) is 2.53. The Morgan fingerprint density at radius 2 is 2.21 bits per heavy atom. The van der Waals surface area contributed by atoms with E-state index in [0.717, 1.165) is 0 Å². The van der Waals surface area contributed by atoms with E-state index in [1.54, 1.807) is 35.1 Å². The van der Waals surface area contributed by atoms with Gasteiger partial charge < -0.3 is 15.2 Å². The monoisotopic (exact) mass is 258 g/mol. The molecule has 1 aromatic carbocycles. The van der Waals surface area contributed by atoms with Crippen LogP contribution in [0.1, 0.15) is 5.56 Å². The van der Waals surface area contributed by atoms with Gasteiger partial charge in [0.05, 0.1) is 25.3 Å². The minimum Gasteiger partial charge on any atom is -0.493 e. The number of aromatic nitrogens is 2. The Hall–Kier alpha value is -2.68. The number of benzene rings is 1. The average molecular weight is 258 g/mol. The van der Waals surface area contributed by atoms with Gasteiger partial charge in [-0.05, 0) is 18.2 Å². The van der Waals surface area contributed by atoms with Gasteiger partial charge in [-0.15, -0.1) is 0 Å². The summed E-state index contributed by atoms with van der Waals surface area (Å²) in [5.74, 6) is 1.62. The maximum absolute atomic E-state index is 8.81. The average Bonchev–Trinajstić information content (AvgIpc) is 2.84. The van der Waals surface area contributed by atoms with E-state index in [1.165, 1.54) is 7.11 Å². The summed E-state index contributed by atoms with van der Waals surface area (Å²) in [6.45, 7) is 1.02. The van der Waals surface area contributed by atoms with E-state index >= 15 is 0 Å². The van der Waals surface area contributed by atoms with Gasteiger partial charge in [0.2, 0.25) is 0 Å². The number of nitrogen functional groups attached to an aromatic ring is 1. The molecule has 0 bridgehead atoms. The highest BCUT2D eigenvalue weighted by Gasteiger charge is 2.05. The fraction of sp³-hybridized carbons (Fsp3) is 0.231. The van der Waals surface area contributed by atoms with Crippen molar-refractivity contribution in [3.8, 4) is 17.6 Å². The molecule has 0 radical (unpaired) electrons. The van der Waals surface area contributed by atoms with Crippen molar-refractivity contribution >= 4 is 5.82 Å². The number of hydrogen-bond donors (Lipinski definition) is 1. The van der Waals surface area contributed by atoms with E-state index in [4.69, 9.17) is 20.5 Å². The number of anilines is 1. The molecule has 6 nitrogen and oxygen atoms in total. The Labute approximate surface area is 111 Å². The molecule has 0 fully saturated rings. The summed E-state index contributed by atoms with van der Waals surface area (Å²) in [5.41, 5.74) is 6.05. The van der Waals surface area contributed by atoms with Crippen LogP contribution in [0.4, 0.5) is 5.82 Å². The van der Waals surface area contributed by atoms with Gasteiger partial charge in [-0.3, -0.25) is 4.68 Å². The van der Waals surface area contributed by atoms with Crippen molar-refractivity contribution < 1.29 is 9.47 Å². The Kier molecular flexibility index (Phi) is 3.88. The zero-order valence-electron chi connectivity index (χ0n) is 10.5. The van der Waals surface area contributed by atoms with Gasteiger partial charge in [-0.1, -0.05) is 0 Å². The van der Waals surface area contributed by atoms with Crippen molar-refractivity contribution in [2.75, 3.05) is 19.5 Å². The minimum absolute atomic E-state index is 0.434. The zero-order chi connectivity index (χ0) is 13.7. The van der Waals surface area contributed by atoms with Crippen molar-refractivity contribution in [3.05, 3.63) is 36.0 Å². The second kappa shape index (κ2) is 5.78. The van der Waals surface area contributed by atoms with Crippen LogP contribution in [0.25, 0.3) is 0 Å². The SMILES string of the molecule is COc1cc(C#N)ccc1OCCn1ccc(N)n1. The van der Waals surface area contributed by atoms with Crippen molar-refractivity contribution in [3.63, 3.8) is 0 Å². The predicted molar refractivity (Wildman–Crippen MR) is 69.8 cm³/mol. The summed E-state index contributed by atoms with van der Waals surface area (Å²) in [6.07, 6.45) is 1.79. The lowest BCUT2D eigenvalue weighted by Crippen LogP contribution is -2.09. The van der Waals surface area contributed by atoms with Gasteiger partial charge >= 0.3 is 0 Å². The van der Waals surface area contributed by atoms with Crippen LogP contribution in [0.15, 0.2) is 30.5 Å². The molecule has 98 valence electrons. The van der Waals surface area contributed by atoms with Crippen LogP contribution in [0.3, 0.4) is 0 Å². The largest absolute Gasteiger partial charge is 0.493 e. The Morgan fingerprint density at radius 1 is 1.37 bits per heavy atom. The van der Waals surface area contributed by atoms with Crippen molar-refractivity contribution in [2.45, 2.75) is 6.54 Å². The Balaban J connectivity index is 1.97. The summed E-state index contributed by atoms with van der Waals surface area (Å²) in [7, 11) is 1.54. The number of rotatable bonds is 5. The number of nitriles is 1. The number of ether oxygens (including phenoxy) is 2. The second-order valence-electron chi connectivity index (χ2n) is 3.83. The quantitative estimate of drug-likeness (QED) is 0.876. The van der Waals surface area contributed by atoms with E-state index in [2.05, 4.69) is 11.2 Å². The first-order chi connectivity index (χ1) is 9.22. The van der Waals surface area contributed by atoms with Crippen LogP contribution in [-0.2, 0) is 6.54 Å². The van der Waals surface area contributed by atoms with Gasteiger partial charge in [0, 0.05) is 12.3 Å². The molecule has 6 heteroatoms. The normalized spacial score (nSPS) is 9.89. The first-order valence-electron chi connectivity index (χ1n) is 5.73. The van der Waals surface area contributed by atoms with E-state index < -0.39 is 0 Å². The maximum Gasteiger partial charge on any atom is 0.162 e. The van der Waals surface area contributed by atoms with Crippen LogP contribution in [0.2, 0.25) is 0 Å². The van der Waals surface area contributed by atoms with E-state index in [9.17, 15) is 0 Å². The van der Waals surface area contributed by atoms with Crippen LogP contribution in [-0.4, -0.2) is 23.5 Å². The van der Waals surface area contributed by atoms with Crippen LogP contribution >= 0.6 is 0 Å². The topological polar surface area (TPSA) is 86.1 Å². The maximum atomic E-state index is 8.81. The second-order valence-corrected chi connectivity index (χ2v) is 3.83. The summed E-state index contributed by atoms with van der Waals surface area (Å²) in [6, 6.07) is 8.82. The molecule has 0 saturated carbocycles. The molecule has 0 aliphatic rings. The molecule has 0 aliphatic heterocycles. The molecule has 0 spiro atoms.